The van der Waals surface area contributed by atoms with E-state index in [-0.39, 0.29) is 52.5 Å². The first-order valence-corrected chi connectivity index (χ1v) is 22.0. The van der Waals surface area contributed by atoms with Crippen LogP contribution in [0.2, 0.25) is 36.3 Å². The summed E-state index contributed by atoms with van der Waals surface area (Å²) in [6.07, 6.45) is 10.5. The standard InChI is InChI=1S/C33H66O6Si2/c1-15-17-18-19-27(37-26(4)35-16-2)20-21-28-29(22-23-36-25(3)34)31(39-41(13,14)33(8,9)10)24-30(28)38-40(11,12)32(5,6)7/h20-21,26-31H,15-19,22-24H2,1-14H3/b21-20+/t26?,27?,28-,29+,30-,31+/m1/s1. The molecule has 6 nitrogen and oxygen atoms in total. The van der Waals surface area contributed by atoms with Gasteiger partial charge in [-0.3, -0.25) is 4.79 Å². The van der Waals surface area contributed by atoms with Gasteiger partial charge >= 0.3 is 5.97 Å². The van der Waals surface area contributed by atoms with E-state index in [4.69, 9.17) is 23.1 Å². The molecule has 0 spiro atoms. The van der Waals surface area contributed by atoms with Crippen molar-refractivity contribution in [1.29, 1.82) is 0 Å². The van der Waals surface area contributed by atoms with Crippen LogP contribution in [0, 0.1) is 11.8 Å². The normalized spacial score (nSPS) is 24.1. The predicted molar refractivity (Wildman–Crippen MR) is 176 cm³/mol. The van der Waals surface area contributed by atoms with Gasteiger partial charge in [0.15, 0.2) is 22.9 Å². The van der Waals surface area contributed by atoms with Crippen LogP contribution in [0.4, 0.5) is 0 Å². The molecular weight excluding hydrogens is 549 g/mol. The minimum Gasteiger partial charge on any atom is -0.466 e. The molecule has 0 aromatic heterocycles. The Balaban J connectivity index is 3.48. The molecule has 0 bridgehead atoms. The van der Waals surface area contributed by atoms with E-state index in [2.05, 4.69) is 86.8 Å². The van der Waals surface area contributed by atoms with Crippen LogP contribution in [0.25, 0.3) is 0 Å². The molecule has 1 aliphatic rings. The Hall–Kier alpha value is -0.516. The third kappa shape index (κ3) is 12.6. The molecule has 0 aromatic carbocycles. The second kappa shape index (κ2) is 16.5. The lowest BCUT2D eigenvalue weighted by molar-refractivity contribution is -0.147. The van der Waals surface area contributed by atoms with Crippen LogP contribution in [0.3, 0.4) is 0 Å². The van der Waals surface area contributed by atoms with Gasteiger partial charge in [-0.05, 0) is 75.3 Å². The second-order valence-corrected chi connectivity index (χ2v) is 24.5. The summed E-state index contributed by atoms with van der Waals surface area (Å²) in [7, 11) is -4.09. The van der Waals surface area contributed by atoms with Gasteiger partial charge in [0.1, 0.15) is 0 Å². The molecule has 8 heteroatoms. The average molecular weight is 615 g/mol. The Morgan fingerprint density at radius 1 is 0.927 bits per heavy atom. The quantitative estimate of drug-likeness (QED) is 0.0535. The van der Waals surface area contributed by atoms with Gasteiger partial charge in [-0.2, -0.15) is 0 Å². The number of hydrogen-bond donors (Lipinski definition) is 0. The van der Waals surface area contributed by atoms with Gasteiger partial charge in [-0.15, -0.1) is 0 Å². The summed E-state index contributed by atoms with van der Waals surface area (Å²) in [6, 6.07) is 0. The van der Waals surface area contributed by atoms with Crippen molar-refractivity contribution >= 4 is 22.6 Å². The van der Waals surface area contributed by atoms with Gasteiger partial charge in [0.05, 0.1) is 24.9 Å². The highest BCUT2D eigenvalue weighted by molar-refractivity contribution is 6.74. The fraction of sp³-hybridized carbons (Fsp3) is 0.909. The first-order chi connectivity index (χ1) is 18.8. The Labute approximate surface area is 255 Å². The third-order valence-electron chi connectivity index (χ3n) is 9.53. The monoisotopic (exact) mass is 614 g/mol. The molecule has 41 heavy (non-hydrogen) atoms. The fourth-order valence-electron chi connectivity index (χ4n) is 5.02. The maximum Gasteiger partial charge on any atom is 0.302 e. The maximum atomic E-state index is 11.7. The zero-order valence-electron chi connectivity index (χ0n) is 29.2. The topological polar surface area (TPSA) is 63.2 Å². The van der Waals surface area contributed by atoms with E-state index < -0.39 is 16.6 Å². The summed E-state index contributed by atoms with van der Waals surface area (Å²) in [6.45, 7) is 31.8. The van der Waals surface area contributed by atoms with Crippen LogP contribution >= 0.6 is 0 Å². The molecule has 2 unspecified atom stereocenters. The van der Waals surface area contributed by atoms with Gasteiger partial charge < -0.3 is 23.1 Å². The molecule has 0 N–H and O–H groups in total. The molecule has 0 radical (unpaired) electrons. The molecule has 1 fully saturated rings. The number of unbranched alkanes of at least 4 members (excludes halogenated alkanes) is 2. The van der Waals surface area contributed by atoms with Crippen LogP contribution in [0.5, 0.6) is 0 Å². The molecule has 0 saturated heterocycles. The van der Waals surface area contributed by atoms with E-state index in [1.54, 1.807) is 0 Å². The van der Waals surface area contributed by atoms with Crippen molar-refractivity contribution in [2.45, 2.75) is 169 Å². The minimum atomic E-state index is -2.05. The molecule has 0 aromatic rings. The van der Waals surface area contributed by atoms with Gasteiger partial charge in [-0.25, -0.2) is 0 Å². The van der Waals surface area contributed by atoms with Crippen molar-refractivity contribution in [3.8, 4) is 0 Å². The number of rotatable bonds is 17. The summed E-state index contributed by atoms with van der Waals surface area (Å²) < 4.78 is 31.9. The van der Waals surface area contributed by atoms with E-state index in [1.165, 1.54) is 19.8 Å². The number of ether oxygens (including phenoxy) is 3. The van der Waals surface area contributed by atoms with Crippen molar-refractivity contribution in [1.82, 2.24) is 0 Å². The molecule has 242 valence electrons. The van der Waals surface area contributed by atoms with E-state index in [0.717, 1.165) is 25.7 Å². The van der Waals surface area contributed by atoms with Crippen molar-refractivity contribution in [3.63, 3.8) is 0 Å². The lowest BCUT2D eigenvalue weighted by Gasteiger charge is -2.40. The van der Waals surface area contributed by atoms with E-state index >= 15 is 0 Å². The molecular formula is C33H66O6Si2. The molecule has 0 heterocycles. The smallest absolute Gasteiger partial charge is 0.302 e. The van der Waals surface area contributed by atoms with Gasteiger partial charge in [0.25, 0.3) is 0 Å². The Morgan fingerprint density at radius 2 is 1.49 bits per heavy atom. The van der Waals surface area contributed by atoms with Gasteiger partial charge in [0.2, 0.25) is 0 Å². The fourth-order valence-corrected chi connectivity index (χ4v) is 7.76. The zero-order valence-corrected chi connectivity index (χ0v) is 31.2. The highest BCUT2D eigenvalue weighted by Crippen LogP contribution is 2.47. The molecule has 6 atom stereocenters. The summed E-state index contributed by atoms with van der Waals surface area (Å²) in [4.78, 5) is 11.7. The van der Waals surface area contributed by atoms with E-state index in [1.807, 2.05) is 13.8 Å². The number of hydrogen-bond acceptors (Lipinski definition) is 6. The minimum absolute atomic E-state index is 0.0221. The highest BCUT2D eigenvalue weighted by atomic mass is 28.4. The largest absolute Gasteiger partial charge is 0.466 e. The number of carbonyl (C=O) groups is 1. The van der Waals surface area contributed by atoms with E-state index in [0.29, 0.717) is 13.2 Å². The highest BCUT2D eigenvalue weighted by Gasteiger charge is 2.50. The Bertz CT molecular complexity index is 799. The zero-order chi connectivity index (χ0) is 31.6. The summed E-state index contributed by atoms with van der Waals surface area (Å²) in [5, 5.41) is 0.205. The van der Waals surface area contributed by atoms with Crippen LogP contribution in [-0.4, -0.2) is 60.4 Å². The first-order valence-electron chi connectivity index (χ1n) is 16.2. The molecule has 1 aliphatic carbocycles. The average Bonchev–Trinajstić information content (AvgIpc) is 3.10. The van der Waals surface area contributed by atoms with Crippen molar-refractivity contribution in [2.75, 3.05) is 13.2 Å². The van der Waals surface area contributed by atoms with Crippen molar-refractivity contribution < 1.29 is 27.9 Å². The number of carbonyl (C=O) groups excluding carboxylic acids is 1. The summed E-state index contributed by atoms with van der Waals surface area (Å²) in [5.41, 5.74) is 0. The van der Waals surface area contributed by atoms with Crippen molar-refractivity contribution in [2.24, 2.45) is 11.8 Å². The SMILES string of the molecule is CCCCCC(/C=C/[C@@H]1[C@H](CCOC(C)=O)[C@@H](O[Si](C)(C)C(C)(C)C)C[C@H]1O[Si](C)(C)C(C)(C)C)OC(C)OCC. The Morgan fingerprint density at radius 3 is 1.98 bits per heavy atom. The van der Waals surface area contributed by atoms with Gasteiger partial charge in [0, 0.05) is 19.4 Å². The lowest BCUT2D eigenvalue weighted by atomic mass is 9.90. The van der Waals surface area contributed by atoms with Crippen LogP contribution < -0.4 is 0 Å². The predicted octanol–water partition coefficient (Wildman–Crippen LogP) is 9.26. The van der Waals surface area contributed by atoms with Crippen LogP contribution in [0.1, 0.15) is 108 Å². The Kier molecular flexibility index (Phi) is 15.5. The summed E-state index contributed by atoms with van der Waals surface area (Å²) in [5.74, 6) is 0.101. The maximum absolute atomic E-state index is 11.7. The van der Waals surface area contributed by atoms with E-state index in [9.17, 15) is 4.79 Å². The lowest BCUT2D eigenvalue weighted by Crippen LogP contribution is -2.45. The molecule has 0 aliphatic heterocycles. The van der Waals surface area contributed by atoms with Crippen LogP contribution in [-0.2, 0) is 27.9 Å². The third-order valence-corrected chi connectivity index (χ3v) is 18.5. The molecule has 1 saturated carbocycles. The second-order valence-electron chi connectivity index (χ2n) is 15.0. The first kappa shape index (κ1) is 38.5. The van der Waals surface area contributed by atoms with Crippen LogP contribution in [0.15, 0.2) is 12.2 Å². The molecule has 0 amide bonds. The number of esters is 1. The van der Waals surface area contributed by atoms with Crippen molar-refractivity contribution in [3.05, 3.63) is 12.2 Å². The van der Waals surface area contributed by atoms with Gasteiger partial charge in [-0.1, -0.05) is 79.9 Å². The summed E-state index contributed by atoms with van der Waals surface area (Å²) >= 11 is 0. The molecule has 1 rings (SSSR count).